The Bertz CT molecular complexity index is 558. The molecule has 2 aromatic rings. The van der Waals surface area contributed by atoms with E-state index in [-0.39, 0.29) is 23.3 Å². The van der Waals surface area contributed by atoms with Crippen molar-refractivity contribution >= 4 is 5.91 Å². The molecule has 98 valence electrons. The average molecular weight is 257 g/mol. The third-order valence-electron chi connectivity index (χ3n) is 2.68. The van der Waals surface area contributed by atoms with Crippen molar-refractivity contribution in [2.75, 3.05) is 0 Å². The number of para-hydroxylation sites is 1. The smallest absolute Gasteiger partial charge is 0.269 e. The number of benzene rings is 1. The van der Waals surface area contributed by atoms with Gasteiger partial charge in [-0.15, -0.1) is 0 Å². The number of aromatic nitrogens is 1. The monoisotopic (exact) mass is 257 g/mol. The van der Waals surface area contributed by atoms with E-state index in [1.807, 2.05) is 25.1 Å². The van der Waals surface area contributed by atoms with Crippen molar-refractivity contribution in [1.29, 1.82) is 0 Å². The maximum Gasteiger partial charge on any atom is 0.269 e. The molecule has 0 aliphatic carbocycles. The molecule has 1 aromatic carbocycles. The van der Waals surface area contributed by atoms with E-state index in [4.69, 9.17) is 0 Å². The molecule has 0 aliphatic rings. The second kappa shape index (κ2) is 5.97. The number of hydrazine groups is 1. The minimum Gasteiger partial charge on any atom is -0.507 e. The van der Waals surface area contributed by atoms with E-state index in [9.17, 15) is 9.90 Å². The van der Waals surface area contributed by atoms with Crippen molar-refractivity contribution in [2.24, 2.45) is 0 Å². The first-order valence-electron chi connectivity index (χ1n) is 5.93. The fourth-order valence-electron chi connectivity index (χ4n) is 1.61. The van der Waals surface area contributed by atoms with Crippen LogP contribution in [0.25, 0.3) is 0 Å². The molecule has 5 nitrogen and oxygen atoms in total. The van der Waals surface area contributed by atoms with E-state index in [1.54, 1.807) is 24.4 Å². The van der Waals surface area contributed by atoms with Gasteiger partial charge in [0.2, 0.25) is 0 Å². The molecule has 1 atom stereocenters. The summed E-state index contributed by atoms with van der Waals surface area (Å²) < 4.78 is 0. The highest BCUT2D eigenvalue weighted by Gasteiger charge is 2.11. The molecule has 1 aromatic heterocycles. The number of amides is 1. The van der Waals surface area contributed by atoms with Gasteiger partial charge < -0.3 is 5.11 Å². The van der Waals surface area contributed by atoms with Crippen molar-refractivity contribution in [2.45, 2.75) is 13.0 Å². The van der Waals surface area contributed by atoms with Crippen molar-refractivity contribution < 1.29 is 9.90 Å². The van der Waals surface area contributed by atoms with E-state index >= 15 is 0 Å². The standard InChI is InChI=1S/C14H15N3O2/c1-10(12-7-4-5-9-15-12)16-17-14(19)11-6-2-3-8-13(11)18/h2-10,16,18H,1H3,(H,17,19). The Labute approximate surface area is 111 Å². The third kappa shape index (κ3) is 3.29. The minimum absolute atomic E-state index is 0.0488. The molecule has 0 bridgehead atoms. The SMILES string of the molecule is CC(NNC(=O)c1ccccc1O)c1ccccn1. The summed E-state index contributed by atoms with van der Waals surface area (Å²) in [5, 5.41) is 9.56. The molecule has 1 unspecified atom stereocenters. The molecule has 2 rings (SSSR count). The summed E-state index contributed by atoms with van der Waals surface area (Å²) in [4.78, 5) is 16.0. The van der Waals surface area contributed by atoms with Gasteiger partial charge in [-0.05, 0) is 31.2 Å². The predicted octanol–water partition coefficient (Wildman–Crippen LogP) is 1.78. The Morgan fingerprint density at radius 3 is 2.63 bits per heavy atom. The molecule has 19 heavy (non-hydrogen) atoms. The van der Waals surface area contributed by atoms with E-state index in [1.165, 1.54) is 6.07 Å². The van der Waals surface area contributed by atoms with Crippen LogP contribution >= 0.6 is 0 Å². The summed E-state index contributed by atoms with van der Waals surface area (Å²) in [6.45, 7) is 1.88. The van der Waals surface area contributed by atoms with Crippen LogP contribution in [0.1, 0.15) is 29.0 Å². The number of hydrogen-bond donors (Lipinski definition) is 3. The summed E-state index contributed by atoms with van der Waals surface area (Å²) in [5.41, 5.74) is 6.45. The first-order chi connectivity index (χ1) is 9.18. The van der Waals surface area contributed by atoms with Crippen LogP contribution in [0.5, 0.6) is 5.75 Å². The number of pyridine rings is 1. The second-order valence-corrected chi connectivity index (χ2v) is 4.09. The highest BCUT2D eigenvalue weighted by Crippen LogP contribution is 2.15. The van der Waals surface area contributed by atoms with Crippen LogP contribution in [0.15, 0.2) is 48.7 Å². The van der Waals surface area contributed by atoms with E-state index in [2.05, 4.69) is 15.8 Å². The Hall–Kier alpha value is -2.40. The topological polar surface area (TPSA) is 74.2 Å². The highest BCUT2D eigenvalue weighted by molar-refractivity contribution is 5.96. The Kier molecular flexibility index (Phi) is 4.10. The normalized spacial score (nSPS) is 11.8. The molecular formula is C14H15N3O2. The van der Waals surface area contributed by atoms with Gasteiger partial charge >= 0.3 is 0 Å². The van der Waals surface area contributed by atoms with Gasteiger partial charge in [-0.1, -0.05) is 18.2 Å². The number of aromatic hydroxyl groups is 1. The number of carbonyl (C=O) groups excluding carboxylic acids is 1. The fourth-order valence-corrected chi connectivity index (χ4v) is 1.61. The Morgan fingerprint density at radius 2 is 1.95 bits per heavy atom. The molecule has 0 radical (unpaired) electrons. The van der Waals surface area contributed by atoms with Crippen molar-refractivity contribution in [3.8, 4) is 5.75 Å². The molecule has 0 fully saturated rings. The van der Waals surface area contributed by atoms with Gasteiger partial charge in [0.15, 0.2) is 0 Å². The van der Waals surface area contributed by atoms with Crippen LogP contribution in [0, 0.1) is 0 Å². The van der Waals surface area contributed by atoms with Crippen LogP contribution in [0.2, 0.25) is 0 Å². The van der Waals surface area contributed by atoms with Crippen LogP contribution < -0.4 is 10.9 Å². The number of phenols is 1. The zero-order chi connectivity index (χ0) is 13.7. The largest absolute Gasteiger partial charge is 0.507 e. The van der Waals surface area contributed by atoms with Gasteiger partial charge in [0.1, 0.15) is 5.75 Å². The van der Waals surface area contributed by atoms with Crippen LogP contribution in [-0.4, -0.2) is 16.0 Å². The summed E-state index contributed by atoms with van der Waals surface area (Å²) in [7, 11) is 0. The van der Waals surface area contributed by atoms with Gasteiger partial charge in [0.05, 0.1) is 17.3 Å². The Balaban J connectivity index is 1.96. The van der Waals surface area contributed by atoms with Gasteiger partial charge in [0.25, 0.3) is 5.91 Å². The Morgan fingerprint density at radius 1 is 1.21 bits per heavy atom. The number of nitrogens with one attached hydrogen (secondary N) is 2. The summed E-state index contributed by atoms with van der Waals surface area (Å²) in [5.74, 6) is -0.437. The molecule has 0 spiro atoms. The lowest BCUT2D eigenvalue weighted by molar-refractivity contribution is 0.0923. The molecule has 1 amide bonds. The lowest BCUT2D eigenvalue weighted by atomic mass is 10.2. The van der Waals surface area contributed by atoms with Crippen LogP contribution in [0.3, 0.4) is 0 Å². The maximum atomic E-state index is 11.8. The molecular weight excluding hydrogens is 242 g/mol. The van der Waals surface area contributed by atoms with E-state index in [0.29, 0.717) is 0 Å². The fraction of sp³-hybridized carbons (Fsp3) is 0.143. The third-order valence-corrected chi connectivity index (χ3v) is 2.68. The molecule has 0 aliphatic heterocycles. The first-order valence-corrected chi connectivity index (χ1v) is 5.93. The van der Waals surface area contributed by atoms with Crippen molar-refractivity contribution in [3.05, 3.63) is 59.9 Å². The molecule has 0 saturated carbocycles. The number of carbonyl (C=O) groups is 1. The zero-order valence-corrected chi connectivity index (χ0v) is 10.5. The maximum absolute atomic E-state index is 11.8. The lowest BCUT2D eigenvalue weighted by Crippen LogP contribution is -2.39. The number of hydrogen-bond acceptors (Lipinski definition) is 4. The van der Waals surface area contributed by atoms with Crippen molar-refractivity contribution in [3.63, 3.8) is 0 Å². The van der Waals surface area contributed by atoms with Crippen LogP contribution in [-0.2, 0) is 0 Å². The summed E-state index contributed by atoms with van der Waals surface area (Å²) in [6, 6.07) is 11.8. The first kappa shape index (κ1) is 13.0. The van der Waals surface area contributed by atoms with Gasteiger partial charge in [-0.3, -0.25) is 15.2 Å². The molecule has 0 saturated heterocycles. The molecule has 1 heterocycles. The van der Waals surface area contributed by atoms with Gasteiger partial charge in [-0.25, -0.2) is 5.43 Å². The summed E-state index contributed by atoms with van der Waals surface area (Å²) in [6.07, 6.45) is 1.69. The predicted molar refractivity (Wildman–Crippen MR) is 71.4 cm³/mol. The van der Waals surface area contributed by atoms with Crippen LogP contribution in [0.4, 0.5) is 0 Å². The van der Waals surface area contributed by atoms with E-state index in [0.717, 1.165) is 5.69 Å². The molecule has 5 heteroatoms. The van der Waals surface area contributed by atoms with E-state index < -0.39 is 0 Å². The van der Waals surface area contributed by atoms with Gasteiger partial charge in [-0.2, -0.15) is 0 Å². The number of rotatable bonds is 4. The molecule has 3 N–H and O–H groups in total. The number of phenolic OH excluding ortho intramolecular Hbond substituents is 1. The number of nitrogens with zero attached hydrogens (tertiary/aromatic N) is 1. The summed E-state index contributed by atoms with van der Waals surface area (Å²) >= 11 is 0. The zero-order valence-electron chi connectivity index (χ0n) is 10.5. The average Bonchev–Trinajstić information content (AvgIpc) is 2.46. The van der Waals surface area contributed by atoms with Crippen molar-refractivity contribution in [1.82, 2.24) is 15.8 Å². The minimum atomic E-state index is -0.388. The van der Waals surface area contributed by atoms with Gasteiger partial charge in [0, 0.05) is 6.20 Å². The second-order valence-electron chi connectivity index (χ2n) is 4.09. The quantitative estimate of drug-likeness (QED) is 0.730. The highest BCUT2D eigenvalue weighted by atomic mass is 16.3. The lowest BCUT2D eigenvalue weighted by Gasteiger charge is -2.14.